The maximum atomic E-state index is 5.42. The lowest BCUT2D eigenvalue weighted by atomic mass is 10.1. The summed E-state index contributed by atoms with van der Waals surface area (Å²) >= 11 is 0. The molecule has 2 aromatic rings. The molecule has 0 aliphatic heterocycles. The van der Waals surface area contributed by atoms with Gasteiger partial charge >= 0.3 is 0 Å². The van der Waals surface area contributed by atoms with E-state index in [1.807, 2.05) is 0 Å². The van der Waals surface area contributed by atoms with Gasteiger partial charge in [0, 0.05) is 29.2 Å². The van der Waals surface area contributed by atoms with Gasteiger partial charge in [0.25, 0.3) is 0 Å². The number of terminal acetylenes is 1. The van der Waals surface area contributed by atoms with E-state index in [-0.39, 0.29) is 5.54 Å². The van der Waals surface area contributed by atoms with Crippen molar-refractivity contribution in [2.75, 3.05) is 0 Å². The average molecular weight is 240 g/mol. The molecular formula is C16H20N2. The van der Waals surface area contributed by atoms with Gasteiger partial charge in [0.1, 0.15) is 0 Å². The first-order valence-corrected chi connectivity index (χ1v) is 6.26. The second-order valence-corrected chi connectivity index (χ2v) is 5.61. The van der Waals surface area contributed by atoms with Crippen LogP contribution in [0, 0.1) is 12.3 Å². The zero-order valence-corrected chi connectivity index (χ0v) is 11.3. The fourth-order valence-corrected chi connectivity index (χ4v) is 2.05. The van der Waals surface area contributed by atoms with Crippen molar-refractivity contribution in [3.63, 3.8) is 0 Å². The normalized spacial score (nSPS) is 11.7. The monoisotopic (exact) mass is 240 g/mol. The lowest BCUT2D eigenvalue weighted by Gasteiger charge is -2.20. The van der Waals surface area contributed by atoms with Crippen LogP contribution in [0.5, 0.6) is 0 Å². The van der Waals surface area contributed by atoms with Crippen molar-refractivity contribution in [2.24, 2.45) is 0 Å². The van der Waals surface area contributed by atoms with Gasteiger partial charge in [-0.15, -0.1) is 6.42 Å². The summed E-state index contributed by atoms with van der Waals surface area (Å²) in [6, 6.07) is 8.40. The Morgan fingerprint density at radius 2 is 2.00 bits per heavy atom. The van der Waals surface area contributed by atoms with E-state index in [0.29, 0.717) is 6.54 Å². The number of fused-ring (bicyclic) bond motifs is 1. The van der Waals surface area contributed by atoms with Crippen molar-refractivity contribution in [3.8, 4) is 12.3 Å². The Bertz CT molecular complexity index is 579. The van der Waals surface area contributed by atoms with E-state index in [2.05, 4.69) is 67.0 Å². The van der Waals surface area contributed by atoms with Crippen LogP contribution in [0.1, 0.15) is 26.3 Å². The predicted octanol–water partition coefficient (Wildman–Crippen LogP) is 3.16. The van der Waals surface area contributed by atoms with Gasteiger partial charge in [-0.25, -0.2) is 0 Å². The summed E-state index contributed by atoms with van der Waals surface area (Å²) in [5, 5.41) is 4.80. The van der Waals surface area contributed by atoms with E-state index in [1.165, 1.54) is 16.5 Å². The average Bonchev–Trinajstić information content (AvgIpc) is 2.65. The fourth-order valence-electron chi connectivity index (χ4n) is 2.05. The van der Waals surface area contributed by atoms with Crippen molar-refractivity contribution in [1.82, 2.24) is 9.88 Å². The molecule has 0 atom stereocenters. The van der Waals surface area contributed by atoms with Gasteiger partial charge in [-0.05, 0) is 32.4 Å². The highest BCUT2D eigenvalue weighted by molar-refractivity contribution is 5.84. The number of nitrogens with one attached hydrogen (secondary N) is 1. The second-order valence-electron chi connectivity index (χ2n) is 5.61. The van der Waals surface area contributed by atoms with Crippen LogP contribution in [-0.2, 0) is 13.1 Å². The van der Waals surface area contributed by atoms with Gasteiger partial charge in [-0.2, -0.15) is 0 Å². The van der Waals surface area contributed by atoms with Crippen molar-refractivity contribution in [1.29, 1.82) is 0 Å². The van der Waals surface area contributed by atoms with Crippen LogP contribution < -0.4 is 5.32 Å². The number of hydrogen-bond donors (Lipinski definition) is 1. The minimum atomic E-state index is 0.120. The standard InChI is InChI=1S/C16H20N2/c1-5-10-18-12-13(11-17-16(2,3)4)14-8-6-7-9-15(14)18/h1,6-9,12,17H,10-11H2,2-4H3. The third kappa shape index (κ3) is 2.75. The Kier molecular flexibility index (Phi) is 3.45. The minimum Gasteiger partial charge on any atom is -0.336 e. The van der Waals surface area contributed by atoms with Gasteiger partial charge in [0.15, 0.2) is 0 Å². The predicted molar refractivity (Wildman–Crippen MR) is 77.4 cm³/mol. The molecule has 2 heteroatoms. The molecule has 0 aliphatic rings. The summed E-state index contributed by atoms with van der Waals surface area (Å²) in [6.07, 6.45) is 7.57. The number of rotatable bonds is 3. The molecule has 18 heavy (non-hydrogen) atoms. The first-order valence-electron chi connectivity index (χ1n) is 6.26. The van der Waals surface area contributed by atoms with E-state index >= 15 is 0 Å². The zero-order valence-electron chi connectivity index (χ0n) is 11.3. The number of nitrogens with zero attached hydrogens (tertiary/aromatic N) is 1. The molecular weight excluding hydrogens is 220 g/mol. The van der Waals surface area contributed by atoms with Crippen molar-refractivity contribution in [2.45, 2.75) is 39.4 Å². The maximum absolute atomic E-state index is 5.42. The minimum absolute atomic E-state index is 0.120. The van der Waals surface area contributed by atoms with Crippen molar-refractivity contribution >= 4 is 10.9 Å². The molecule has 0 amide bonds. The summed E-state index contributed by atoms with van der Waals surface area (Å²) in [4.78, 5) is 0. The largest absolute Gasteiger partial charge is 0.336 e. The summed E-state index contributed by atoms with van der Waals surface area (Å²) < 4.78 is 2.13. The first kappa shape index (κ1) is 12.7. The summed E-state index contributed by atoms with van der Waals surface area (Å²) in [5.74, 6) is 2.70. The molecule has 0 saturated carbocycles. The lowest BCUT2D eigenvalue weighted by Crippen LogP contribution is -2.34. The Morgan fingerprint density at radius 3 is 2.67 bits per heavy atom. The first-order chi connectivity index (χ1) is 8.51. The highest BCUT2D eigenvalue weighted by Gasteiger charge is 2.12. The molecule has 1 aromatic carbocycles. The highest BCUT2D eigenvalue weighted by Crippen LogP contribution is 2.21. The van der Waals surface area contributed by atoms with E-state index < -0.39 is 0 Å². The molecule has 0 radical (unpaired) electrons. The van der Waals surface area contributed by atoms with Crippen LogP contribution in [0.15, 0.2) is 30.5 Å². The van der Waals surface area contributed by atoms with E-state index in [1.54, 1.807) is 0 Å². The second kappa shape index (κ2) is 4.88. The smallest absolute Gasteiger partial charge is 0.0835 e. The molecule has 2 nitrogen and oxygen atoms in total. The van der Waals surface area contributed by atoms with Gasteiger partial charge in [0.05, 0.1) is 6.54 Å². The third-order valence-corrected chi connectivity index (χ3v) is 2.94. The summed E-state index contributed by atoms with van der Waals surface area (Å²) in [5.41, 5.74) is 2.63. The van der Waals surface area contributed by atoms with Crippen LogP contribution >= 0.6 is 0 Å². The Hall–Kier alpha value is -1.72. The Morgan fingerprint density at radius 1 is 1.28 bits per heavy atom. The molecule has 0 spiro atoms. The SMILES string of the molecule is C#CCn1cc(CNC(C)(C)C)c2ccccc21. The number of hydrogen-bond acceptors (Lipinski definition) is 1. The van der Waals surface area contributed by atoms with E-state index in [0.717, 1.165) is 6.54 Å². The molecule has 1 heterocycles. The molecule has 0 saturated heterocycles. The molecule has 1 N–H and O–H groups in total. The van der Waals surface area contributed by atoms with Crippen LogP contribution in [0.25, 0.3) is 10.9 Å². The van der Waals surface area contributed by atoms with Crippen LogP contribution in [-0.4, -0.2) is 10.1 Å². The van der Waals surface area contributed by atoms with Gasteiger partial charge in [-0.3, -0.25) is 0 Å². The third-order valence-electron chi connectivity index (χ3n) is 2.94. The molecule has 0 bridgehead atoms. The van der Waals surface area contributed by atoms with Gasteiger partial charge in [-0.1, -0.05) is 24.1 Å². The van der Waals surface area contributed by atoms with Crippen LogP contribution in [0.4, 0.5) is 0 Å². The lowest BCUT2D eigenvalue weighted by molar-refractivity contribution is 0.425. The van der Waals surface area contributed by atoms with Gasteiger partial charge < -0.3 is 9.88 Å². The topological polar surface area (TPSA) is 17.0 Å². The zero-order chi connectivity index (χ0) is 13.2. The molecule has 2 rings (SSSR count). The fraction of sp³-hybridized carbons (Fsp3) is 0.375. The molecule has 1 aromatic heterocycles. The van der Waals surface area contributed by atoms with Crippen molar-refractivity contribution < 1.29 is 0 Å². The maximum Gasteiger partial charge on any atom is 0.0835 e. The Balaban J connectivity index is 2.36. The van der Waals surface area contributed by atoms with Crippen LogP contribution in [0.2, 0.25) is 0 Å². The summed E-state index contributed by atoms with van der Waals surface area (Å²) in [7, 11) is 0. The van der Waals surface area contributed by atoms with E-state index in [9.17, 15) is 0 Å². The highest BCUT2D eigenvalue weighted by atomic mass is 15.0. The molecule has 0 aliphatic carbocycles. The Labute approximate surface area is 109 Å². The molecule has 0 fully saturated rings. The van der Waals surface area contributed by atoms with Crippen molar-refractivity contribution in [3.05, 3.63) is 36.0 Å². The molecule has 94 valence electrons. The number of para-hydroxylation sites is 1. The molecule has 0 unspecified atom stereocenters. The van der Waals surface area contributed by atoms with E-state index in [4.69, 9.17) is 6.42 Å². The van der Waals surface area contributed by atoms with Gasteiger partial charge in [0.2, 0.25) is 0 Å². The number of aromatic nitrogens is 1. The quantitative estimate of drug-likeness (QED) is 0.815. The summed E-state index contributed by atoms with van der Waals surface area (Å²) in [6.45, 7) is 8.01. The van der Waals surface area contributed by atoms with Crippen LogP contribution in [0.3, 0.4) is 0 Å². The number of benzene rings is 1.